The summed E-state index contributed by atoms with van der Waals surface area (Å²) in [7, 11) is 0. The van der Waals surface area contributed by atoms with Gasteiger partial charge >= 0.3 is 5.97 Å². The molecule has 0 aliphatic carbocycles. The van der Waals surface area contributed by atoms with Crippen LogP contribution in [0.15, 0.2) is 34.3 Å². The van der Waals surface area contributed by atoms with E-state index in [0.717, 1.165) is 0 Å². The molecule has 0 aromatic heterocycles. The highest BCUT2D eigenvalue weighted by molar-refractivity contribution is 9.10. The molecular formula is C10H8BrClO3. The molecule has 0 aliphatic heterocycles. The van der Waals surface area contributed by atoms with Crippen molar-refractivity contribution in [2.75, 3.05) is 6.61 Å². The van der Waals surface area contributed by atoms with Crippen molar-refractivity contribution in [2.24, 2.45) is 0 Å². The fourth-order valence-electron chi connectivity index (χ4n) is 0.951. The molecule has 1 N–H and O–H groups in total. The van der Waals surface area contributed by atoms with Crippen LogP contribution in [0.3, 0.4) is 0 Å². The molecule has 0 amide bonds. The minimum atomic E-state index is -1.05. The van der Waals surface area contributed by atoms with Crippen molar-refractivity contribution in [1.82, 2.24) is 0 Å². The SMILES string of the molecule is C=C(Cl)COc1ccc(Br)cc1C(=O)O. The molecule has 0 aliphatic rings. The zero-order valence-corrected chi connectivity index (χ0v) is 10.0. The number of rotatable bonds is 4. The number of hydrogen-bond acceptors (Lipinski definition) is 2. The third-order valence-electron chi connectivity index (χ3n) is 1.56. The van der Waals surface area contributed by atoms with Crippen LogP contribution in [-0.4, -0.2) is 17.7 Å². The van der Waals surface area contributed by atoms with Gasteiger partial charge in [0.15, 0.2) is 0 Å². The van der Waals surface area contributed by atoms with E-state index in [1.165, 1.54) is 6.07 Å². The molecule has 0 saturated heterocycles. The molecule has 15 heavy (non-hydrogen) atoms. The van der Waals surface area contributed by atoms with E-state index in [0.29, 0.717) is 9.51 Å². The van der Waals surface area contributed by atoms with Gasteiger partial charge in [0.25, 0.3) is 0 Å². The Morgan fingerprint density at radius 2 is 2.27 bits per heavy atom. The normalized spacial score (nSPS) is 9.73. The summed E-state index contributed by atoms with van der Waals surface area (Å²) in [6.45, 7) is 3.53. The van der Waals surface area contributed by atoms with Crippen LogP contribution < -0.4 is 4.74 Å². The van der Waals surface area contributed by atoms with Crippen LogP contribution in [0.5, 0.6) is 5.75 Å². The maximum Gasteiger partial charge on any atom is 0.339 e. The summed E-state index contributed by atoms with van der Waals surface area (Å²) >= 11 is 8.70. The van der Waals surface area contributed by atoms with Gasteiger partial charge in [0.2, 0.25) is 0 Å². The zero-order chi connectivity index (χ0) is 11.4. The van der Waals surface area contributed by atoms with Crippen LogP contribution in [0, 0.1) is 0 Å². The largest absolute Gasteiger partial charge is 0.487 e. The first kappa shape index (κ1) is 12.1. The maximum atomic E-state index is 10.9. The Balaban J connectivity index is 2.95. The van der Waals surface area contributed by atoms with Gasteiger partial charge in [0, 0.05) is 9.51 Å². The highest BCUT2D eigenvalue weighted by Crippen LogP contribution is 2.23. The molecule has 1 aromatic rings. The number of halogens is 2. The lowest BCUT2D eigenvalue weighted by atomic mass is 10.2. The van der Waals surface area contributed by atoms with E-state index in [1.54, 1.807) is 12.1 Å². The minimum Gasteiger partial charge on any atom is -0.487 e. The molecule has 0 heterocycles. The van der Waals surface area contributed by atoms with Crippen LogP contribution in [0.4, 0.5) is 0 Å². The minimum absolute atomic E-state index is 0.0855. The standard InChI is InChI=1S/C10H8BrClO3/c1-6(12)5-15-9-3-2-7(11)4-8(9)10(13)14/h2-4H,1,5H2,(H,13,14). The molecule has 1 aromatic carbocycles. The Bertz CT molecular complexity index is 404. The molecule has 0 unspecified atom stereocenters. The van der Waals surface area contributed by atoms with Gasteiger partial charge in [-0.25, -0.2) is 4.79 Å². The molecule has 5 heteroatoms. The Labute approximate surface area is 100 Å². The van der Waals surface area contributed by atoms with Crippen LogP contribution in [-0.2, 0) is 0 Å². The summed E-state index contributed by atoms with van der Waals surface area (Å²) in [5.41, 5.74) is 0.0855. The highest BCUT2D eigenvalue weighted by atomic mass is 79.9. The van der Waals surface area contributed by atoms with Crippen molar-refractivity contribution < 1.29 is 14.6 Å². The third kappa shape index (κ3) is 3.57. The monoisotopic (exact) mass is 290 g/mol. The summed E-state index contributed by atoms with van der Waals surface area (Å²) in [4.78, 5) is 10.9. The van der Waals surface area contributed by atoms with E-state index in [9.17, 15) is 4.79 Å². The lowest BCUT2D eigenvalue weighted by Crippen LogP contribution is -2.04. The van der Waals surface area contributed by atoms with Gasteiger partial charge in [-0.2, -0.15) is 0 Å². The molecule has 0 fully saturated rings. The summed E-state index contributed by atoms with van der Waals surface area (Å²) in [5, 5.41) is 9.21. The van der Waals surface area contributed by atoms with Gasteiger partial charge in [-0.05, 0) is 18.2 Å². The van der Waals surface area contributed by atoms with Gasteiger partial charge < -0.3 is 9.84 Å². The fraction of sp³-hybridized carbons (Fsp3) is 0.100. The summed E-state index contributed by atoms with van der Waals surface area (Å²) in [6.07, 6.45) is 0. The lowest BCUT2D eigenvalue weighted by Gasteiger charge is -2.08. The molecule has 0 bridgehead atoms. The second-order valence-corrected chi connectivity index (χ2v) is 4.20. The molecule has 0 spiro atoms. The van der Waals surface area contributed by atoms with Crippen molar-refractivity contribution in [3.8, 4) is 5.75 Å². The predicted molar refractivity (Wildman–Crippen MR) is 61.6 cm³/mol. The van der Waals surface area contributed by atoms with Crippen LogP contribution in [0.2, 0.25) is 0 Å². The van der Waals surface area contributed by atoms with E-state index < -0.39 is 5.97 Å². The van der Waals surface area contributed by atoms with Gasteiger partial charge in [-0.3, -0.25) is 0 Å². The number of carboxylic acid groups (broad SMARTS) is 1. The summed E-state index contributed by atoms with van der Waals surface area (Å²) < 4.78 is 5.86. The van der Waals surface area contributed by atoms with E-state index in [2.05, 4.69) is 22.5 Å². The molecule has 1 rings (SSSR count). The Hall–Kier alpha value is -1.00. The van der Waals surface area contributed by atoms with Crippen molar-refractivity contribution in [2.45, 2.75) is 0 Å². The number of carboxylic acids is 1. The van der Waals surface area contributed by atoms with E-state index in [-0.39, 0.29) is 17.9 Å². The van der Waals surface area contributed by atoms with Gasteiger partial charge in [-0.1, -0.05) is 34.1 Å². The van der Waals surface area contributed by atoms with Crippen molar-refractivity contribution >= 4 is 33.5 Å². The predicted octanol–water partition coefficient (Wildman–Crippen LogP) is 3.28. The van der Waals surface area contributed by atoms with E-state index >= 15 is 0 Å². The third-order valence-corrected chi connectivity index (χ3v) is 2.16. The smallest absolute Gasteiger partial charge is 0.339 e. The first-order valence-electron chi connectivity index (χ1n) is 3.99. The molecule has 0 saturated carbocycles. The lowest BCUT2D eigenvalue weighted by molar-refractivity contribution is 0.0692. The first-order chi connectivity index (χ1) is 7.00. The Morgan fingerprint density at radius 1 is 1.60 bits per heavy atom. The molecular weight excluding hydrogens is 283 g/mol. The molecule has 0 atom stereocenters. The summed E-state index contributed by atoms with van der Waals surface area (Å²) in [6, 6.07) is 4.72. The number of carbonyl (C=O) groups is 1. The van der Waals surface area contributed by atoms with Gasteiger partial charge in [0.05, 0.1) is 0 Å². The quantitative estimate of drug-likeness (QED) is 0.926. The first-order valence-corrected chi connectivity index (χ1v) is 5.16. The average molecular weight is 292 g/mol. The molecule has 80 valence electrons. The Morgan fingerprint density at radius 3 is 2.80 bits per heavy atom. The van der Waals surface area contributed by atoms with Gasteiger partial charge in [0.1, 0.15) is 17.9 Å². The van der Waals surface area contributed by atoms with Crippen molar-refractivity contribution in [1.29, 1.82) is 0 Å². The summed E-state index contributed by atoms with van der Waals surface area (Å²) in [5.74, 6) is -0.779. The zero-order valence-electron chi connectivity index (χ0n) is 7.67. The second-order valence-electron chi connectivity index (χ2n) is 2.75. The van der Waals surface area contributed by atoms with Crippen molar-refractivity contribution in [3.05, 3.63) is 39.8 Å². The van der Waals surface area contributed by atoms with Gasteiger partial charge in [-0.15, -0.1) is 0 Å². The van der Waals surface area contributed by atoms with Crippen LogP contribution in [0.1, 0.15) is 10.4 Å². The van der Waals surface area contributed by atoms with E-state index in [4.69, 9.17) is 21.4 Å². The highest BCUT2D eigenvalue weighted by Gasteiger charge is 2.11. The fourth-order valence-corrected chi connectivity index (χ4v) is 1.37. The number of ether oxygens (including phenoxy) is 1. The number of benzene rings is 1. The molecule has 3 nitrogen and oxygen atoms in total. The average Bonchev–Trinajstić information content (AvgIpc) is 2.15. The number of aromatic carboxylic acids is 1. The van der Waals surface area contributed by atoms with Crippen LogP contribution >= 0.6 is 27.5 Å². The Kier molecular flexibility index (Phi) is 4.17. The topological polar surface area (TPSA) is 46.5 Å². The van der Waals surface area contributed by atoms with E-state index in [1.807, 2.05) is 0 Å². The maximum absolute atomic E-state index is 10.9. The second kappa shape index (κ2) is 5.19. The van der Waals surface area contributed by atoms with Crippen LogP contribution in [0.25, 0.3) is 0 Å². The number of hydrogen-bond donors (Lipinski definition) is 1. The molecule has 0 radical (unpaired) electrons. The van der Waals surface area contributed by atoms with Crippen molar-refractivity contribution in [3.63, 3.8) is 0 Å².